The summed E-state index contributed by atoms with van der Waals surface area (Å²) in [5.41, 5.74) is 0. The topological polar surface area (TPSA) is 99.1 Å². The van der Waals surface area contributed by atoms with Crippen LogP contribution in [0.15, 0.2) is 48.6 Å². The molecule has 0 bridgehead atoms. The Bertz CT molecular complexity index is 901. The highest BCUT2D eigenvalue weighted by Gasteiger charge is 2.31. The Hall–Kier alpha value is -2.71. The SMILES string of the molecule is CC/C=C/C/C=C/C/C=C/CCCC(=O)OCC(COCCC(C(=O)O)[N+](C)(C)C)OC(=O)CCCCCCC/C=C/CCCC. The molecule has 0 aliphatic rings. The van der Waals surface area contributed by atoms with Crippen LogP contribution in [0.25, 0.3) is 0 Å². The quantitative estimate of drug-likeness (QED) is 0.0361. The first-order chi connectivity index (χ1) is 22.1. The van der Waals surface area contributed by atoms with Crippen molar-refractivity contribution in [3.8, 4) is 0 Å². The Morgan fingerprint density at radius 3 is 1.89 bits per heavy atom. The standard InChI is InChI=1S/C38H65NO7/c1-6-8-10-12-14-16-18-20-22-24-26-28-36(40)45-33-34(32-44-31-30-35(38(42)43)39(3,4)5)46-37(41)29-27-25-23-21-19-17-15-13-11-9-7-2/h8,10,13-16,20,22,34-35H,6-7,9,11-12,17-19,21,23-33H2,1-5H3/p+1/b10-8+,15-13+,16-14+,22-20+. The second kappa shape index (κ2) is 29.7. The molecule has 0 saturated carbocycles. The van der Waals surface area contributed by atoms with Crippen molar-refractivity contribution in [3.63, 3.8) is 0 Å². The molecule has 0 aliphatic heterocycles. The van der Waals surface area contributed by atoms with Gasteiger partial charge < -0.3 is 23.8 Å². The lowest BCUT2D eigenvalue weighted by Crippen LogP contribution is -2.50. The third kappa shape index (κ3) is 27.6. The number of hydrogen-bond acceptors (Lipinski definition) is 6. The van der Waals surface area contributed by atoms with Gasteiger partial charge >= 0.3 is 17.9 Å². The van der Waals surface area contributed by atoms with Crippen molar-refractivity contribution in [1.82, 2.24) is 0 Å². The summed E-state index contributed by atoms with van der Waals surface area (Å²) in [6, 6.07) is -0.621. The molecule has 0 aromatic heterocycles. The van der Waals surface area contributed by atoms with Crippen molar-refractivity contribution < 1.29 is 38.2 Å². The fraction of sp³-hybridized carbons (Fsp3) is 0.711. The van der Waals surface area contributed by atoms with E-state index >= 15 is 0 Å². The van der Waals surface area contributed by atoms with E-state index in [-0.39, 0.29) is 42.7 Å². The first-order valence-electron chi connectivity index (χ1n) is 17.7. The molecule has 0 rings (SSSR count). The monoisotopic (exact) mass is 648 g/mol. The lowest BCUT2D eigenvalue weighted by molar-refractivity contribution is -0.887. The van der Waals surface area contributed by atoms with Crippen LogP contribution in [0, 0.1) is 0 Å². The van der Waals surface area contributed by atoms with Crippen molar-refractivity contribution in [2.24, 2.45) is 0 Å². The minimum atomic E-state index is -0.886. The van der Waals surface area contributed by atoms with E-state index in [0.717, 1.165) is 64.2 Å². The van der Waals surface area contributed by atoms with Gasteiger partial charge in [-0.05, 0) is 57.8 Å². The lowest BCUT2D eigenvalue weighted by atomic mass is 10.1. The van der Waals surface area contributed by atoms with Crippen molar-refractivity contribution in [3.05, 3.63) is 48.6 Å². The van der Waals surface area contributed by atoms with E-state index < -0.39 is 18.1 Å². The molecule has 0 heterocycles. The van der Waals surface area contributed by atoms with Gasteiger partial charge in [0.1, 0.15) is 6.61 Å². The fourth-order valence-electron chi connectivity index (χ4n) is 4.68. The highest BCUT2D eigenvalue weighted by molar-refractivity contribution is 5.72. The summed E-state index contributed by atoms with van der Waals surface area (Å²) in [5.74, 6) is -1.56. The van der Waals surface area contributed by atoms with Crippen LogP contribution in [0.4, 0.5) is 0 Å². The highest BCUT2D eigenvalue weighted by Crippen LogP contribution is 2.12. The molecule has 264 valence electrons. The number of nitrogens with zero attached hydrogens (tertiary/aromatic N) is 1. The molecular formula is C38H66NO7+. The van der Waals surface area contributed by atoms with Crippen LogP contribution in [-0.2, 0) is 28.6 Å². The molecule has 0 fully saturated rings. The maximum Gasteiger partial charge on any atom is 0.362 e. The number of carboxylic acid groups (broad SMARTS) is 1. The average molecular weight is 649 g/mol. The fourth-order valence-corrected chi connectivity index (χ4v) is 4.68. The Balaban J connectivity index is 4.57. The predicted molar refractivity (Wildman–Crippen MR) is 188 cm³/mol. The number of esters is 2. The molecule has 0 spiro atoms. The highest BCUT2D eigenvalue weighted by atomic mass is 16.6. The minimum Gasteiger partial charge on any atom is -0.477 e. The Morgan fingerprint density at radius 1 is 0.674 bits per heavy atom. The summed E-state index contributed by atoms with van der Waals surface area (Å²) in [5, 5.41) is 9.55. The molecule has 0 amide bonds. The van der Waals surface area contributed by atoms with Gasteiger partial charge in [0, 0.05) is 19.3 Å². The zero-order valence-corrected chi connectivity index (χ0v) is 29.8. The van der Waals surface area contributed by atoms with Crippen LogP contribution < -0.4 is 0 Å². The number of aliphatic carboxylic acids is 1. The maximum absolute atomic E-state index is 12.6. The van der Waals surface area contributed by atoms with Gasteiger partial charge in [0.15, 0.2) is 12.1 Å². The second-order valence-electron chi connectivity index (χ2n) is 12.7. The third-order valence-corrected chi connectivity index (χ3v) is 7.46. The molecular weight excluding hydrogens is 582 g/mol. The Labute approximate surface area is 280 Å². The van der Waals surface area contributed by atoms with Gasteiger partial charge in [0.25, 0.3) is 0 Å². The number of unbranched alkanes of at least 4 members (excludes halogenated alkanes) is 8. The first-order valence-corrected chi connectivity index (χ1v) is 17.7. The van der Waals surface area contributed by atoms with Crippen LogP contribution in [0.5, 0.6) is 0 Å². The molecule has 0 radical (unpaired) electrons. The Morgan fingerprint density at radius 2 is 1.24 bits per heavy atom. The molecule has 1 N–H and O–H groups in total. The lowest BCUT2D eigenvalue weighted by Gasteiger charge is -2.31. The minimum absolute atomic E-state index is 0.0404. The van der Waals surface area contributed by atoms with Gasteiger partial charge in [-0.3, -0.25) is 9.59 Å². The zero-order valence-electron chi connectivity index (χ0n) is 29.8. The maximum atomic E-state index is 12.6. The first kappa shape index (κ1) is 43.3. The van der Waals surface area contributed by atoms with Crippen molar-refractivity contribution >= 4 is 17.9 Å². The van der Waals surface area contributed by atoms with E-state index in [9.17, 15) is 19.5 Å². The number of carbonyl (C=O) groups excluding carboxylic acids is 2. The summed E-state index contributed by atoms with van der Waals surface area (Å²) >= 11 is 0. The van der Waals surface area contributed by atoms with Gasteiger partial charge in [0.05, 0.1) is 34.4 Å². The summed E-state index contributed by atoms with van der Waals surface area (Å²) in [6.45, 7) is 4.48. The van der Waals surface area contributed by atoms with Crippen molar-refractivity contribution in [1.29, 1.82) is 0 Å². The number of hydrogen-bond donors (Lipinski definition) is 1. The van der Waals surface area contributed by atoms with Crippen LogP contribution in [0.2, 0.25) is 0 Å². The number of likely N-dealkylation sites (N-methyl/N-ethyl adjacent to an activating group) is 1. The van der Waals surface area contributed by atoms with E-state index in [2.05, 4.69) is 62.5 Å². The smallest absolute Gasteiger partial charge is 0.362 e. The predicted octanol–water partition coefficient (Wildman–Crippen LogP) is 8.51. The summed E-state index contributed by atoms with van der Waals surface area (Å²) < 4.78 is 17.1. The number of rotatable bonds is 30. The molecule has 8 nitrogen and oxygen atoms in total. The van der Waals surface area contributed by atoms with Crippen LogP contribution >= 0.6 is 0 Å². The van der Waals surface area contributed by atoms with E-state index in [1.807, 2.05) is 21.1 Å². The second-order valence-corrected chi connectivity index (χ2v) is 12.7. The normalized spacial score (nSPS) is 13.7. The van der Waals surface area contributed by atoms with Crippen LogP contribution in [-0.4, -0.2) is 80.6 Å². The number of quaternary nitrogens is 1. The summed E-state index contributed by atoms with van der Waals surface area (Å²) in [7, 11) is 5.48. The molecule has 2 atom stereocenters. The molecule has 8 heteroatoms. The van der Waals surface area contributed by atoms with E-state index in [0.29, 0.717) is 19.3 Å². The van der Waals surface area contributed by atoms with E-state index in [1.54, 1.807) is 0 Å². The van der Waals surface area contributed by atoms with Crippen molar-refractivity contribution in [2.75, 3.05) is 41.0 Å². The van der Waals surface area contributed by atoms with Crippen LogP contribution in [0.1, 0.15) is 123 Å². The number of carboxylic acids is 1. The van der Waals surface area contributed by atoms with Gasteiger partial charge in [0.2, 0.25) is 0 Å². The number of carbonyl (C=O) groups is 3. The largest absolute Gasteiger partial charge is 0.477 e. The van der Waals surface area contributed by atoms with Gasteiger partial charge in [-0.2, -0.15) is 0 Å². The van der Waals surface area contributed by atoms with Crippen LogP contribution in [0.3, 0.4) is 0 Å². The molecule has 0 aliphatic carbocycles. The Kier molecular flexibility index (Phi) is 27.9. The summed E-state index contributed by atoms with van der Waals surface area (Å²) in [4.78, 5) is 36.6. The molecule has 0 aromatic carbocycles. The van der Waals surface area contributed by atoms with E-state index in [4.69, 9.17) is 14.2 Å². The number of allylic oxidation sites excluding steroid dienone is 8. The van der Waals surface area contributed by atoms with Gasteiger partial charge in [-0.15, -0.1) is 0 Å². The van der Waals surface area contributed by atoms with Gasteiger partial charge in [-0.1, -0.05) is 94.6 Å². The summed E-state index contributed by atoms with van der Waals surface area (Å²) in [6.07, 6.45) is 31.7. The van der Waals surface area contributed by atoms with Crippen molar-refractivity contribution in [2.45, 2.75) is 135 Å². The molecule has 46 heavy (non-hydrogen) atoms. The molecule has 2 unspecified atom stereocenters. The third-order valence-electron chi connectivity index (χ3n) is 7.46. The number of ether oxygens (including phenoxy) is 3. The average Bonchev–Trinajstić information content (AvgIpc) is 3.00. The molecule has 0 aromatic rings. The van der Waals surface area contributed by atoms with Gasteiger partial charge in [-0.25, -0.2) is 4.79 Å². The molecule has 0 saturated heterocycles. The van der Waals surface area contributed by atoms with E-state index in [1.165, 1.54) is 19.3 Å². The zero-order chi connectivity index (χ0) is 34.3.